The maximum Gasteiger partial charge on any atom is 0.244 e. The third kappa shape index (κ3) is 2.72. The Morgan fingerprint density at radius 3 is 2.81 bits per heavy atom. The van der Waals surface area contributed by atoms with Gasteiger partial charge in [0.1, 0.15) is 4.90 Å². The fraction of sp³-hybridized carbons (Fsp3) is 0.214. The molecular formula is C14H15N3O2S2. The Balaban J connectivity index is 1.91. The summed E-state index contributed by atoms with van der Waals surface area (Å²) in [6, 6.07) is 7.68. The standard InChI is InChI=1S/C14H15N3O2S2/c1-10(13-9-20-14-6-4-3-5-12(13)14)16-21(18,19)11-7-15-17(2)8-11/h3-10,16H,1-2H3. The van der Waals surface area contributed by atoms with Gasteiger partial charge in [-0.15, -0.1) is 11.3 Å². The average Bonchev–Trinajstić information content (AvgIpc) is 3.04. The zero-order chi connectivity index (χ0) is 15.0. The van der Waals surface area contributed by atoms with E-state index in [-0.39, 0.29) is 10.9 Å². The summed E-state index contributed by atoms with van der Waals surface area (Å²) in [5.41, 5.74) is 0.989. The van der Waals surface area contributed by atoms with Crippen molar-refractivity contribution in [1.29, 1.82) is 0 Å². The van der Waals surface area contributed by atoms with Gasteiger partial charge in [-0.3, -0.25) is 4.68 Å². The molecule has 3 aromatic rings. The molecule has 0 bridgehead atoms. The number of aryl methyl sites for hydroxylation is 1. The molecule has 0 radical (unpaired) electrons. The molecule has 0 saturated heterocycles. The molecule has 0 spiro atoms. The Morgan fingerprint density at radius 1 is 1.33 bits per heavy atom. The molecule has 0 fully saturated rings. The molecule has 7 heteroatoms. The number of thiophene rings is 1. The van der Waals surface area contributed by atoms with E-state index in [0.717, 1.165) is 15.6 Å². The number of rotatable bonds is 4. The summed E-state index contributed by atoms with van der Waals surface area (Å²) in [5, 5.41) is 6.99. The molecule has 21 heavy (non-hydrogen) atoms. The van der Waals surface area contributed by atoms with Gasteiger partial charge in [0.25, 0.3) is 0 Å². The molecule has 1 atom stereocenters. The molecule has 2 heterocycles. The second-order valence-corrected chi connectivity index (χ2v) is 7.51. The number of hydrogen-bond acceptors (Lipinski definition) is 4. The van der Waals surface area contributed by atoms with Crippen LogP contribution in [0.15, 0.2) is 46.9 Å². The molecule has 0 aliphatic heterocycles. The Labute approximate surface area is 127 Å². The largest absolute Gasteiger partial charge is 0.274 e. The second-order valence-electron chi connectivity index (χ2n) is 4.88. The Hall–Kier alpha value is -1.70. The summed E-state index contributed by atoms with van der Waals surface area (Å²) in [7, 11) is -1.87. The maximum absolute atomic E-state index is 12.3. The lowest BCUT2D eigenvalue weighted by atomic mass is 10.1. The number of aromatic nitrogens is 2. The lowest BCUT2D eigenvalue weighted by Gasteiger charge is -2.13. The van der Waals surface area contributed by atoms with E-state index in [1.807, 2.05) is 36.6 Å². The summed E-state index contributed by atoms with van der Waals surface area (Å²) >= 11 is 1.62. The molecule has 1 unspecified atom stereocenters. The molecule has 1 N–H and O–H groups in total. The highest BCUT2D eigenvalue weighted by molar-refractivity contribution is 7.89. The number of nitrogens with zero attached hydrogens (tertiary/aromatic N) is 2. The lowest BCUT2D eigenvalue weighted by Crippen LogP contribution is -2.26. The van der Waals surface area contributed by atoms with Gasteiger partial charge >= 0.3 is 0 Å². The minimum Gasteiger partial charge on any atom is -0.274 e. The van der Waals surface area contributed by atoms with E-state index >= 15 is 0 Å². The second kappa shape index (κ2) is 5.25. The maximum atomic E-state index is 12.3. The molecular weight excluding hydrogens is 306 g/mol. The van der Waals surface area contributed by atoms with Crippen LogP contribution in [-0.4, -0.2) is 18.2 Å². The number of nitrogens with one attached hydrogen (secondary N) is 1. The lowest BCUT2D eigenvalue weighted by molar-refractivity contribution is 0.567. The summed E-state index contributed by atoms with van der Waals surface area (Å²) in [6.07, 6.45) is 2.83. The van der Waals surface area contributed by atoms with Crippen molar-refractivity contribution >= 4 is 31.4 Å². The molecule has 0 amide bonds. The Morgan fingerprint density at radius 2 is 2.10 bits per heavy atom. The van der Waals surface area contributed by atoms with Crippen LogP contribution >= 0.6 is 11.3 Å². The number of sulfonamides is 1. The molecule has 1 aromatic carbocycles. The molecule has 0 saturated carbocycles. The number of benzene rings is 1. The van der Waals surface area contributed by atoms with Crippen LogP contribution < -0.4 is 4.72 Å². The van der Waals surface area contributed by atoms with Crippen molar-refractivity contribution < 1.29 is 8.42 Å². The first-order valence-electron chi connectivity index (χ1n) is 6.44. The first-order chi connectivity index (χ1) is 9.97. The smallest absolute Gasteiger partial charge is 0.244 e. The van der Waals surface area contributed by atoms with Crippen LogP contribution in [0, 0.1) is 0 Å². The summed E-state index contributed by atoms with van der Waals surface area (Å²) in [6.45, 7) is 1.85. The Bertz CT molecular complexity index is 880. The van der Waals surface area contributed by atoms with Crippen molar-refractivity contribution in [3.8, 4) is 0 Å². The zero-order valence-corrected chi connectivity index (χ0v) is 13.3. The van der Waals surface area contributed by atoms with E-state index in [1.54, 1.807) is 18.4 Å². The van der Waals surface area contributed by atoms with E-state index in [2.05, 4.69) is 9.82 Å². The Kier molecular flexibility index (Phi) is 3.56. The van der Waals surface area contributed by atoms with Crippen molar-refractivity contribution in [1.82, 2.24) is 14.5 Å². The van der Waals surface area contributed by atoms with Crippen molar-refractivity contribution in [2.24, 2.45) is 7.05 Å². The highest BCUT2D eigenvalue weighted by Gasteiger charge is 2.21. The fourth-order valence-electron chi connectivity index (χ4n) is 2.24. The highest BCUT2D eigenvalue weighted by atomic mass is 32.2. The van der Waals surface area contributed by atoms with Gasteiger partial charge in [-0.1, -0.05) is 18.2 Å². The minimum absolute atomic E-state index is 0.177. The zero-order valence-electron chi connectivity index (χ0n) is 11.6. The molecule has 2 aromatic heterocycles. The quantitative estimate of drug-likeness (QED) is 0.803. The predicted octanol–water partition coefficient (Wildman–Crippen LogP) is 2.67. The average molecular weight is 321 g/mol. The van der Waals surface area contributed by atoms with Crippen LogP contribution in [0.25, 0.3) is 10.1 Å². The molecule has 3 rings (SSSR count). The first kappa shape index (κ1) is 14.2. The monoisotopic (exact) mass is 321 g/mol. The molecule has 0 aliphatic carbocycles. The van der Waals surface area contributed by atoms with Gasteiger partial charge in [0, 0.05) is 24.0 Å². The van der Waals surface area contributed by atoms with Gasteiger partial charge in [-0.05, 0) is 29.3 Å². The van der Waals surface area contributed by atoms with E-state index in [9.17, 15) is 8.42 Å². The molecule has 110 valence electrons. The number of hydrogen-bond donors (Lipinski definition) is 1. The van der Waals surface area contributed by atoms with Crippen LogP contribution in [0.4, 0.5) is 0 Å². The van der Waals surface area contributed by atoms with Gasteiger partial charge in [0.2, 0.25) is 10.0 Å². The van der Waals surface area contributed by atoms with Gasteiger partial charge in [0.15, 0.2) is 0 Å². The summed E-state index contributed by atoms with van der Waals surface area (Å²) < 4.78 is 30.0. The third-order valence-electron chi connectivity index (χ3n) is 3.30. The normalized spacial score (nSPS) is 13.6. The third-order valence-corrected chi connectivity index (χ3v) is 5.78. The van der Waals surface area contributed by atoms with Crippen LogP contribution in [0.3, 0.4) is 0 Å². The first-order valence-corrected chi connectivity index (χ1v) is 8.81. The van der Waals surface area contributed by atoms with Crippen molar-refractivity contribution in [3.63, 3.8) is 0 Å². The van der Waals surface area contributed by atoms with Crippen molar-refractivity contribution in [2.45, 2.75) is 17.9 Å². The summed E-state index contributed by atoms with van der Waals surface area (Å²) in [5.74, 6) is 0. The van der Waals surface area contributed by atoms with Gasteiger partial charge in [-0.2, -0.15) is 5.10 Å². The number of fused-ring (bicyclic) bond motifs is 1. The fourth-order valence-corrected chi connectivity index (χ4v) is 4.50. The van der Waals surface area contributed by atoms with Crippen LogP contribution in [0.1, 0.15) is 18.5 Å². The van der Waals surface area contributed by atoms with E-state index in [4.69, 9.17) is 0 Å². The van der Waals surface area contributed by atoms with Gasteiger partial charge in [-0.25, -0.2) is 13.1 Å². The topological polar surface area (TPSA) is 64.0 Å². The van der Waals surface area contributed by atoms with Crippen LogP contribution in [0.5, 0.6) is 0 Å². The molecule has 0 aliphatic rings. The molecule has 5 nitrogen and oxygen atoms in total. The van der Waals surface area contributed by atoms with Gasteiger partial charge in [0.05, 0.1) is 6.20 Å². The van der Waals surface area contributed by atoms with Crippen molar-refractivity contribution in [3.05, 3.63) is 47.6 Å². The van der Waals surface area contributed by atoms with Crippen LogP contribution in [0.2, 0.25) is 0 Å². The predicted molar refractivity (Wildman–Crippen MR) is 83.8 cm³/mol. The SMILES string of the molecule is CC(NS(=O)(=O)c1cnn(C)c1)c1csc2ccccc12. The van der Waals surface area contributed by atoms with E-state index in [0.29, 0.717) is 0 Å². The van der Waals surface area contributed by atoms with E-state index < -0.39 is 10.0 Å². The summed E-state index contributed by atoms with van der Waals surface area (Å²) in [4.78, 5) is 0.177. The van der Waals surface area contributed by atoms with E-state index in [1.165, 1.54) is 17.1 Å². The minimum atomic E-state index is -3.56. The highest BCUT2D eigenvalue weighted by Crippen LogP contribution is 2.30. The van der Waals surface area contributed by atoms with Gasteiger partial charge < -0.3 is 0 Å². The van der Waals surface area contributed by atoms with Crippen molar-refractivity contribution in [2.75, 3.05) is 0 Å². The van der Waals surface area contributed by atoms with Crippen LogP contribution in [-0.2, 0) is 17.1 Å².